The van der Waals surface area contributed by atoms with E-state index in [4.69, 9.17) is 0 Å². The van der Waals surface area contributed by atoms with E-state index in [1.54, 1.807) is 7.05 Å². The number of hydrogen-bond donors (Lipinski definition) is 3. The minimum Gasteiger partial charge on any atom is -0.494 e. The lowest BCUT2D eigenvalue weighted by Gasteiger charge is -2.19. The van der Waals surface area contributed by atoms with E-state index in [1.165, 1.54) is 19.2 Å². The van der Waals surface area contributed by atoms with Crippen molar-refractivity contribution >= 4 is 0 Å². The van der Waals surface area contributed by atoms with Gasteiger partial charge in [0.1, 0.15) is 6.10 Å². The number of ether oxygens (including phenoxy) is 1. The van der Waals surface area contributed by atoms with Gasteiger partial charge in [0.15, 0.2) is 11.6 Å². The molecule has 1 rings (SSSR count). The molecule has 6 heteroatoms. The fourth-order valence-electron chi connectivity index (χ4n) is 1.46. The lowest BCUT2D eigenvalue weighted by Crippen LogP contribution is -2.30. The SMILES string of the molecule is CNCC(O)C(O)c1ccc(OC)c(F)c1F. The number of aliphatic hydroxyl groups excluding tert-OH is 2. The van der Waals surface area contributed by atoms with Gasteiger partial charge in [-0.05, 0) is 19.2 Å². The van der Waals surface area contributed by atoms with E-state index in [9.17, 15) is 19.0 Å². The maximum atomic E-state index is 13.6. The van der Waals surface area contributed by atoms with Crippen LogP contribution in [0.1, 0.15) is 11.7 Å². The Labute approximate surface area is 97.8 Å². The van der Waals surface area contributed by atoms with Crippen molar-refractivity contribution < 1.29 is 23.7 Å². The van der Waals surface area contributed by atoms with Gasteiger partial charge >= 0.3 is 0 Å². The average Bonchev–Trinajstić information content (AvgIpc) is 2.32. The number of rotatable bonds is 5. The Balaban J connectivity index is 3.03. The third-order valence-corrected chi connectivity index (χ3v) is 2.39. The molecule has 2 unspecified atom stereocenters. The predicted octanol–water partition coefficient (Wildman–Crippen LogP) is 0.587. The number of aliphatic hydroxyl groups is 2. The van der Waals surface area contributed by atoms with Crippen molar-refractivity contribution in [1.82, 2.24) is 5.32 Å². The smallest absolute Gasteiger partial charge is 0.200 e. The maximum Gasteiger partial charge on any atom is 0.200 e. The lowest BCUT2D eigenvalue weighted by molar-refractivity contribution is 0.0177. The molecule has 0 bridgehead atoms. The molecule has 0 saturated carbocycles. The van der Waals surface area contributed by atoms with Crippen LogP contribution in [0.15, 0.2) is 12.1 Å². The van der Waals surface area contributed by atoms with Crippen LogP contribution in [0.2, 0.25) is 0 Å². The molecule has 0 aliphatic heterocycles. The van der Waals surface area contributed by atoms with Gasteiger partial charge in [0.25, 0.3) is 0 Å². The van der Waals surface area contributed by atoms with Crippen molar-refractivity contribution in [3.8, 4) is 5.75 Å². The van der Waals surface area contributed by atoms with Crippen LogP contribution in [0.4, 0.5) is 8.78 Å². The summed E-state index contributed by atoms with van der Waals surface area (Å²) in [6.45, 7) is 0.0637. The summed E-state index contributed by atoms with van der Waals surface area (Å²) in [5.74, 6) is -2.64. The van der Waals surface area contributed by atoms with Gasteiger partial charge in [-0.15, -0.1) is 0 Å². The van der Waals surface area contributed by atoms with E-state index >= 15 is 0 Å². The molecule has 0 heterocycles. The monoisotopic (exact) mass is 247 g/mol. The van der Waals surface area contributed by atoms with Crippen molar-refractivity contribution in [2.75, 3.05) is 20.7 Å². The van der Waals surface area contributed by atoms with Crippen LogP contribution in [0.5, 0.6) is 5.75 Å². The zero-order chi connectivity index (χ0) is 13.0. The van der Waals surface area contributed by atoms with Gasteiger partial charge < -0.3 is 20.3 Å². The van der Waals surface area contributed by atoms with Crippen molar-refractivity contribution in [3.05, 3.63) is 29.3 Å². The van der Waals surface area contributed by atoms with E-state index in [2.05, 4.69) is 10.1 Å². The Morgan fingerprint density at radius 3 is 2.47 bits per heavy atom. The third kappa shape index (κ3) is 2.91. The summed E-state index contributed by atoms with van der Waals surface area (Å²) >= 11 is 0. The summed E-state index contributed by atoms with van der Waals surface area (Å²) in [6.07, 6.45) is -2.72. The minimum atomic E-state index is -1.50. The highest BCUT2D eigenvalue weighted by atomic mass is 19.2. The van der Waals surface area contributed by atoms with Crippen LogP contribution in [-0.2, 0) is 0 Å². The summed E-state index contributed by atoms with van der Waals surface area (Å²) in [5, 5.41) is 21.8. The molecular formula is C11H15F2NO3. The molecule has 2 atom stereocenters. The van der Waals surface area contributed by atoms with Crippen molar-refractivity contribution in [2.45, 2.75) is 12.2 Å². The zero-order valence-electron chi connectivity index (χ0n) is 9.58. The Kier molecular flexibility index (Phi) is 4.80. The van der Waals surface area contributed by atoms with Crippen molar-refractivity contribution in [2.24, 2.45) is 0 Å². The van der Waals surface area contributed by atoms with Crippen LogP contribution in [-0.4, -0.2) is 37.0 Å². The first-order valence-electron chi connectivity index (χ1n) is 5.05. The second-order valence-electron chi connectivity index (χ2n) is 3.55. The van der Waals surface area contributed by atoms with Crippen molar-refractivity contribution in [1.29, 1.82) is 0 Å². The second-order valence-corrected chi connectivity index (χ2v) is 3.55. The van der Waals surface area contributed by atoms with Crippen LogP contribution >= 0.6 is 0 Å². The van der Waals surface area contributed by atoms with Gasteiger partial charge in [-0.1, -0.05) is 0 Å². The highest BCUT2D eigenvalue weighted by Gasteiger charge is 2.24. The van der Waals surface area contributed by atoms with Gasteiger partial charge in [0, 0.05) is 12.1 Å². The van der Waals surface area contributed by atoms with Crippen LogP contribution < -0.4 is 10.1 Å². The molecule has 0 spiro atoms. The summed E-state index contributed by atoms with van der Waals surface area (Å²) < 4.78 is 31.5. The summed E-state index contributed by atoms with van der Waals surface area (Å²) in [6, 6.07) is 2.38. The number of benzene rings is 1. The third-order valence-electron chi connectivity index (χ3n) is 2.39. The topological polar surface area (TPSA) is 61.7 Å². The lowest BCUT2D eigenvalue weighted by atomic mass is 10.0. The number of nitrogens with one attached hydrogen (secondary N) is 1. The molecule has 3 N–H and O–H groups in total. The fraction of sp³-hybridized carbons (Fsp3) is 0.455. The number of halogens is 2. The fourth-order valence-corrected chi connectivity index (χ4v) is 1.46. The Bertz CT molecular complexity index is 387. The highest BCUT2D eigenvalue weighted by molar-refractivity contribution is 5.32. The van der Waals surface area contributed by atoms with Crippen LogP contribution in [0, 0.1) is 11.6 Å². The van der Waals surface area contributed by atoms with Crippen molar-refractivity contribution in [3.63, 3.8) is 0 Å². The zero-order valence-corrected chi connectivity index (χ0v) is 9.58. The van der Waals surface area contributed by atoms with Crippen LogP contribution in [0.3, 0.4) is 0 Å². The molecule has 0 aromatic heterocycles. The predicted molar refractivity (Wildman–Crippen MR) is 57.8 cm³/mol. The molecular weight excluding hydrogens is 232 g/mol. The normalized spacial score (nSPS) is 14.5. The standard InChI is InChI=1S/C11H15F2NO3/c1-14-5-7(15)11(16)6-3-4-8(17-2)10(13)9(6)12/h3-4,7,11,14-16H,5H2,1-2H3. The van der Waals surface area contributed by atoms with E-state index in [0.29, 0.717) is 0 Å². The molecule has 96 valence electrons. The molecule has 0 amide bonds. The summed E-state index contributed by atoms with van der Waals surface area (Å²) in [4.78, 5) is 0. The number of hydrogen-bond acceptors (Lipinski definition) is 4. The molecule has 1 aromatic carbocycles. The Morgan fingerprint density at radius 1 is 1.29 bits per heavy atom. The quantitative estimate of drug-likeness (QED) is 0.712. The molecule has 17 heavy (non-hydrogen) atoms. The number of likely N-dealkylation sites (N-methyl/N-ethyl adjacent to an activating group) is 1. The van der Waals surface area contributed by atoms with E-state index in [-0.39, 0.29) is 17.9 Å². The first-order valence-corrected chi connectivity index (χ1v) is 5.05. The average molecular weight is 247 g/mol. The molecule has 0 aliphatic rings. The van der Waals surface area contributed by atoms with E-state index in [1.807, 2.05) is 0 Å². The molecule has 0 radical (unpaired) electrons. The molecule has 0 saturated heterocycles. The molecule has 4 nitrogen and oxygen atoms in total. The second kappa shape index (κ2) is 5.90. The minimum absolute atomic E-state index is 0.0637. The van der Waals surface area contributed by atoms with Gasteiger partial charge in [0.05, 0.1) is 13.2 Å². The van der Waals surface area contributed by atoms with E-state index in [0.717, 1.165) is 0 Å². The van der Waals surface area contributed by atoms with Gasteiger partial charge in [-0.3, -0.25) is 0 Å². The first-order chi connectivity index (χ1) is 8.02. The summed E-state index contributed by atoms with van der Waals surface area (Å²) in [7, 11) is 2.78. The Hall–Kier alpha value is -1.24. The van der Waals surface area contributed by atoms with Gasteiger partial charge in [0.2, 0.25) is 5.82 Å². The van der Waals surface area contributed by atoms with Gasteiger partial charge in [-0.2, -0.15) is 4.39 Å². The Morgan fingerprint density at radius 2 is 1.94 bits per heavy atom. The number of methoxy groups -OCH3 is 1. The van der Waals surface area contributed by atoms with Gasteiger partial charge in [-0.25, -0.2) is 4.39 Å². The summed E-state index contributed by atoms with van der Waals surface area (Å²) in [5.41, 5.74) is -0.300. The maximum absolute atomic E-state index is 13.6. The molecule has 1 aromatic rings. The highest BCUT2D eigenvalue weighted by Crippen LogP contribution is 2.27. The first kappa shape index (κ1) is 13.8. The largest absolute Gasteiger partial charge is 0.494 e. The molecule has 0 aliphatic carbocycles. The molecule has 0 fully saturated rings. The van der Waals surface area contributed by atoms with E-state index < -0.39 is 23.8 Å². The van der Waals surface area contributed by atoms with Crippen LogP contribution in [0.25, 0.3) is 0 Å².